The number of hydrogen-bond donors (Lipinski definition) is 2. The summed E-state index contributed by atoms with van der Waals surface area (Å²) in [5.41, 5.74) is 0.0866. The maximum atomic E-state index is 11.2. The van der Waals surface area contributed by atoms with Crippen LogP contribution in [0.2, 0.25) is 0 Å². The third kappa shape index (κ3) is 3.55. The highest BCUT2D eigenvalue weighted by atomic mass is 32.2. The Hall–Kier alpha value is -0.130. The Balaban J connectivity index is 2.27. The van der Waals surface area contributed by atoms with Gasteiger partial charge in [0.15, 0.2) is 9.84 Å². The van der Waals surface area contributed by atoms with Crippen LogP contribution in [0, 0.1) is 0 Å². The minimum atomic E-state index is -2.82. The van der Waals surface area contributed by atoms with Gasteiger partial charge >= 0.3 is 0 Å². The first-order chi connectivity index (χ1) is 6.47. The molecule has 0 aromatic carbocycles. The molecule has 4 nitrogen and oxygen atoms in total. The van der Waals surface area contributed by atoms with Gasteiger partial charge < -0.3 is 10.6 Å². The Bertz CT molecular complexity index is 269. The average Bonchev–Trinajstić information content (AvgIpc) is 2.52. The van der Waals surface area contributed by atoms with Crippen molar-refractivity contribution in [1.29, 1.82) is 0 Å². The predicted molar refractivity (Wildman–Crippen MR) is 58.2 cm³/mol. The van der Waals surface area contributed by atoms with Crippen molar-refractivity contribution in [3.8, 4) is 0 Å². The fourth-order valence-electron chi connectivity index (χ4n) is 1.62. The minimum absolute atomic E-state index is 0.0866. The van der Waals surface area contributed by atoms with Gasteiger partial charge in [-0.15, -0.1) is 0 Å². The third-order valence-corrected chi connectivity index (χ3v) is 4.48. The van der Waals surface area contributed by atoms with E-state index in [0.717, 1.165) is 19.5 Å². The summed E-state index contributed by atoms with van der Waals surface area (Å²) in [5, 5.41) is 6.57. The normalized spacial score (nSPS) is 28.1. The average molecular weight is 220 g/mol. The van der Waals surface area contributed by atoms with Crippen LogP contribution in [0.25, 0.3) is 0 Å². The van der Waals surface area contributed by atoms with Crippen LogP contribution >= 0.6 is 0 Å². The second kappa shape index (κ2) is 4.59. The molecule has 0 spiro atoms. The van der Waals surface area contributed by atoms with Crippen LogP contribution in [0.15, 0.2) is 0 Å². The molecule has 1 aliphatic rings. The van der Waals surface area contributed by atoms with Crippen LogP contribution in [-0.4, -0.2) is 45.1 Å². The Morgan fingerprint density at radius 3 is 2.71 bits per heavy atom. The number of rotatable bonds is 5. The molecule has 1 unspecified atom stereocenters. The fraction of sp³-hybridized carbons (Fsp3) is 1.00. The van der Waals surface area contributed by atoms with Crippen molar-refractivity contribution < 1.29 is 8.42 Å². The van der Waals surface area contributed by atoms with Crippen molar-refractivity contribution in [1.82, 2.24) is 10.6 Å². The molecule has 1 heterocycles. The minimum Gasteiger partial charge on any atom is -0.315 e. The van der Waals surface area contributed by atoms with Gasteiger partial charge in [-0.1, -0.05) is 6.92 Å². The first-order valence-corrected chi connectivity index (χ1v) is 6.96. The second-order valence-corrected chi connectivity index (χ2v) is 6.62. The van der Waals surface area contributed by atoms with Crippen LogP contribution in [0.1, 0.15) is 20.3 Å². The van der Waals surface area contributed by atoms with Crippen molar-refractivity contribution in [2.45, 2.75) is 25.8 Å². The zero-order chi connectivity index (χ0) is 10.7. The topological polar surface area (TPSA) is 58.2 Å². The molecular weight excluding hydrogens is 200 g/mol. The molecule has 0 amide bonds. The molecule has 84 valence electrons. The van der Waals surface area contributed by atoms with E-state index in [4.69, 9.17) is 0 Å². The maximum Gasteiger partial charge on any atom is 0.151 e. The Morgan fingerprint density at radius 1 is 1.50 bits per heavy atom. The summed E-state index contributed by atoms with van der Waals surface area (Å²) in [6, 6.07) is 0. The molecule has 0 aliphatic carbocycles. The van der Waals surface area contributed by atoms with Crippen LogP contribution in [0.3, 0.4) is 0 Å². The van der Waals surface area contributed by atoms with Crippen molar-refractivity contribution in [2.75, 3.05) is 31.1 Å². The molecule has 1 saturated heterocycles. The van der Waals surface area contributed by atoms with E-state index in [1.807, 2.05) is 0 Å². The summed E-state index contributed by atoms with van der Waals surface area (Å²) >= 11 is 0. The number of nitrogens with one attached hydrogen (secondary N) is 2. The quantitative estimate of drug-likeness (QED) is 0.671. The van der Waals surface area contributed by atoms with Crippen LogP contribution in [0.5, 0.6) is 0 Å². The third-order valence-electron chi connectivity index (χ3n) is 2.77. The summed E-state index contributed by atoms with van der Waals surface area (Å²) in [6.07, 6.45) is 1.07. The van der Waals surface area contributed by atoms with Gasteiger partial charge in [-0.3, -0.25) is 0 Å². The molecule has 0 aromatic heterocycles. The predicted octanol–water partition coefficient (Wildman–Crippen LogP) is -0.237. The van der Waals surface area contributed by atoms with E-state index in [0.29, 0.717) is 6.54 Å². The van der Waals surface area contributed by atoms with Crippen molar-refractivity contribution in [3.05, 3.63) is 0 Å². The van der Waals surface area contributed by atoms with Gasteiger partial charge in [0.1, 0.15) is 0 Å². The van der Waals surface area contributed by atoms with Crippen LogP contribution in [-0.2, 0) is 9.84 Å². The Labute approximate surface area is 86.4 Å². The SMILES string of the molecule is CCS(=O)(=O)CCNC1(C)CCNC1. The standard InChI is InChI=1S/C9H20N2O2S/c1-3-14(12,13)7-6-11-9(2)4-5-10-8-9/h10-11H,3-8H2,1-2H3. The van der Waals surface area contributed by atoms with E-state index >= 15 is 0 Å². The summed E-state index contributed by atoms with van der Waals surface area (Å²) in [7, 11) is -2.82. The maximum absolute atomic E-state index is 11.2. The largest absolute Gasteiger partial charge is 0.315 e. The molecule has 0 bridgehead atoms. The smallest absolute Gasteiger partial charge is 0.151 e. The Morgan fingerprint density at radius 2 is 2.21 bits per heavy atom. The summed E-state index contributed by atoms with van der Waals surface area (Å²) in [5.74, 6) is 0.489. The molecule has 0 aromatic rings. The highest BCUT2D eigenvalue weighted by molar-refractivity contribution is 7.91. The summed E-state index contributed by atoms with van der Waals surface area (Å²) in [6.45, 7) is 6.33. The van der Waals surface area contributed by atoms with Crippen LogP contribution < -0.4 is 10.6 Å². The lowest BCUT2D eigenvalue weighted by Crippen LogP contribution is -2.46. The van der Waals surface area contributed by atoms with E-state index in [-0.39, 0.29) is 17.0 Å². The second-order valence-electron chi connectivity index (χ2n) is 4.15. The summed E-state index contributed by atoms with van der Waals surface area (Å²) in [4.78, 5) is 0. The van der Waals surface area contributed by atoms with Crippen molar-refractivity contribution in [3.63, 3.8) is 0 Å². The number of hydrogen-bond acceptors (Lipinski definition) is 4. The highest BCUT2D eigenvalue weighted by Crippen LogP contribution is 2.12. The Kier molecular flexibility index (Phi) is 3.92. The van der Waals surface area contributed by atoms with E-state index < -0.39 is 9.84 Å². The first kappa shape index (κ1) is 11.9. The molecule has 2 N–H and O–H groups in total. The molecule has 1 rings (SSSR count). The molecule has 0 saturated carbocycles. The zero-order valence-corrected chi connectivity index (χ0v) is 9.78. The fourth-order valence-corrected chi connectivity index (χ4v) is 2.32. The molecule has 1 fully saturated rings. The van der Waals surface area contributed by atoms with E-state index in [2.05, 4.69) is 17.6 Å². The van der Waals surface area contributed by atoms with Crippen molar-refractivity contribution >= 4 is 9.84 Å². The van der Waals surface area contributed by atoms with Crippen LogP contribution in [0.4, 0.5) is 0 Å². The number of sulfone groups is 1. The van der Waals surface area contributed by atoms with Gasteiger partial charge in [0, 0.05) is 24.4 Å². The van der Waals surface area contributed by atoms with E-state index in [9.17, 15) is 8.42 Å². The first-order valence-electron chi connectivity index (χ1n) is 5.14. The lowest BCUT2D eigenvalue weighted by atomic mass is 10.0. The summed E-state index contributed by atoms with van der Waals surface area (Å²) < 4.78 is 22.4. The van der Waals surface area contributed by atoms with Gasteiger partial charge in [0.05, 0.1) is 5.75 Å². The van der Waals surface area contributed by atoms with E-state index in [1.165, 1.54) is 0 Å². The monoisotopic (exact) mass is 220 g/mol. The molecule has 5 heteroatoms. The molecule has 0 radical (unpaired) electrons. The van der Waals surface area contributed by atoms with E-state index in [1.54, 1.807) is 6.92 Å². The molecule has 1 atom stereocenters. The lowest BCUT2D eigenvalue weighted by Gasteiger charge is -2.24. The van der Waals surface area contributed by atoms with Gasteiger partial charge in [-0.2, -0.15) is 0 Å². The molecule has 1 aliphatic heterocycles. The zero-order valence-electron chi connectivity index (χ0n) is 8.97. The lowest BCUT2D eigenvalue weighted by molar-refractivity contribution is 0.398. The molecule has 14 heavy (non-hydrogen) atoms. The van der Waals surface area contributed by atoms with Gasteiger partial charge in [0.2, 0.25) is 0 Å². The van der Waals surface area contributed by atoms with Crippen molar-refractivity contribution in [2.24, 2.45) is 0 Å². The van der Waals surface area contributed by atoms with Gasteiger partial charge in [-0.25, -0.2) is 8.42 Å². The molecular formula is C9H20N2O2S. The van der Waals surface area contributed by atoms with Gasteiger partial charge in [0.25, 0.3) is 0 Å². The highest BCUT2D eigenvalue weighted by Gasteiger charge is 2.27. The van der Waals surface area contributed by atoms with Gasteiger partial charge in [-0.05, 0) is 19.9 Å².